The number of halogens is 1. The summed E-state index contributed by atoms with van der Waals surface area (Å²) in [6, 6.07) is 1.70. The summed E-state index contributed by atoms with van der Waals surface area (Å²) >= 11 is 5.99. The molecule has 0 atom stereocenters. The maximum absolute atomic E-state index is 12.0. The van der Waals surface area contributed by atoms with Crippen molar-refractivity contribution in [1.29, 1.82) is 0 Å². The number of carbonyl (C=O) groups excluding carboxylic acids is 1. The van der Waals surface area contributed by atoms with E-state index in [1.165, 1.54) is 7.11 Å². The number of aryl methyl sites for hydroxylation is 1. The third-order valence-corrected chi connectivity index (χ3v) is 3.40. The molecule has 5 heteroatoms. The molecule has 0 aromatic heterocycles. The largest absolute Gasteiger partial charge is 0.505 e. The average molecular weight is 301 g/mol. The minimum atomic E-state index is -0.555. The molecule has 1 N–H and O–H groups in total. The van der Waals surface area contributed by atoms with Gasteiger partial charge in [0.1, 0.15) is 16.3 Å². The number of benzene rings is 1. The standard InChI is InChI=1S/C15H21ClO4/c1-4-6-7-8-10-9-11(19-3)13(16)14(17)12(10)15(18)20-5-2/h9,17H,4-8H2,1-3H3. The van der Waals surface area contributed by atoms with Gasteiger partial charge in [0, 0.05) is 0 Å². The number of carbonyl (C=O) groups is 1. The number of phenols is 1. The summed E-state index contributed by atoms with van der Waals surface area (Å²) in [4.78, 5) is 12.0. The van der Waals surface area contributed by atoms with Gasteiger partial charge in [-0.1, -0.05) is 31.4 Å². The maximum Gasteiger partial charge on any atom is 0.342 e. The Labute approximate surface area is 124 Å². The highest BCUT2D eigenvalue weighted by Gasteiger charge is 2.23. The maximum atomic E-state index is 12.0. The highest BCUT2D eigenvalue weighted by Crippen LogP contribution is 2.39. The first-order valence-corrected chi connectivity index (χ1v) is 7.19. The number of hydrogen-bond donors (Lipinski definition) is 1. The fourth-order valence-electron chi connectivity index (χ4n) is 2.01. The van der Waals surface area contributed by atoms with Crippen molar-refractivity contribution in [3.63, 3.8) is 0 Å². The second-order valence-corrected chi connectivity index (χ2v) is 4.83. The molecule has 0 spiro atoms. The highest BCUT2D eigenvalue weighted by atomic mass is 35.5. The van der Waals surface area contributed by atoms with Crippen molar-refractivity contribution in [1.82, 2.24) is 0 Å². The number of rotatable bonds is 7. The summed E-state index contributed by atoms with van der Waals surface area (Å²) in [5.74, 6) is -0.458. The normalized spacial score (nSPS) is 10.4. The molecule has 0 radical (unpaired) electrons. The van der Waals surface area contributed by atoms with Gasteiger partial charge in [0.2, 0.25) is 0 Å². The molecule has 0 heterocycles. The van der Waals surface area contributed by atoms with Gasteiger partial charge in [0.15, 0.2) is 5.75 Å². The fraction of sp³-hybridized carbons (Fsp3) is 0.533. The zero-order valence-electron chi connectivity index (χ0n) is 12.2. The van der Waals surface area contributed by atoms with Crippen LogP contribution in [0.5, 0.6) is 11.5 Å². The first-order valence-electron chi connectivity index (χ1n) is 6.82. The number of esters is 1. The van der Waals surface area contributed by atoms with Crippen LogP contribution in [0, 0.1) is 0 Å². The van der Waals surface area contributed by atoms with Gasteiger partial charge < -0.3 is 14.6 Å². The molecular weight excluding hydrogens is 280 g/mol. The number of aromatic hydroxyl groups is 1. The lowest BCUT2D eigenvalue weighted by molar-refractivity contribution is 0.0521. The van der Waals surface area contributed by atoms with Gasteiger partial charge in [-0.2, -0.15) is 0 Å². The molecule has 0 amide bonds. The molecule has 0 fully saturated rings. The van der Waals surface area contributed by atoms with Crippen LogP contribution in [0.3, 0.4) is 0 Å². The van der Waals surface area contributed by atoms with Crippen molar-refractivity contribution in [2.24, 2.45) is 0 Å². The zero-order chi connectivity index (χ0) is 15.1. The number of methoxy groups -OCH3 is 1. The van der Waals surface area contributed by atoms with E-state index in [9.17, 15) is 9.90 Å². The topological polar surface area (TPSA) is 55.8 Å². The molecule has 1 aromatic rings. The first-order chi connectivity index (χ1) is 9.56. The Morgan fingerprint density at radius 1 is 1.35 bits per heavy atom. The van der Waals surface area contributed by atoms with Crippen LogP contribution >= 0.6 is 11.6 Å². The molecule has 0 saturated heterocycles. The summed E-state index contributed by atoms with van der Waals surface area (Å²) in [6.07, 6.45) is 3.72. The van der Waals surface area contributed by atoms with Crippen molar-refractivity contribution in [2.45, 2.75) is 39.5 Å². The molecule has 0 aliphatic rings. The van der Waals surface area contributed by atoms with E-state index in [1.54, 1.807) is 13.0 Å². The third-order valence-electron chi connectivity index (χ3n) is 3.04. The molecule has 0 unspecified atom stereocenters. The second kappa shape index (κ2) is 8.00. The minimum Gasteiger partial charge on any atom is -0.505 e. The number of hydrogen-bond acceptors (Lipinski definition) is 4. The van der Waals surface area contributed by atoms with Crippen molar-refractivity contribution in [3.8, 4) is 11.5 Å². The Balaban J connectivity index is 3.21. The lowest BCUT2D eigenvalue weighted by atomic mass is 9.99. The smallest absolute Gasteiger partial charge is 0.342 e. The van der Waals surface area contributed by atoms with E-state index in [1.807, 2.05) is 0 Å². The lowest BCUT2D eigenvalue weighted by Crippen LogP contribution is -2.09. The van der Waals surface area contributed by atoms with Gasteiger partial charge in [0.05, 0.1) is 13.7 Å². The Hall–Kier alpha value is -1.42. The van der Waals surface area contributed by atoms with E-state index in [0.717, 1.165) is 19.3 Å². The number of phenolic OH excluding ortho intramolecular Hbond substituents is 1. The fourth-order valence-corrected chi connectivity index (χ4v) is 2.24. The summed E-state index contributed by atoms with van der Waals surface area (Å²) in [6.45, 7) is 4.07. The lowest BCUT2D eigenvalue weighted by Gasteiger charge is -2.14. The van der Waals surface area contributed by atoms with Crippen molar-refractivity contribution in [3.05, 3.63) is 22.2 Å². The van der Waals surface area contributed by atoms with Gasteiger partial charge in [-0.15, -0.1) is 0 Å². The van der Waals surface area contributed by atoms with Gasteiger partial charge in [-0.25, -0.2) is 4.79 Å². The molecule has 0 bridgehead atoms. The van der Waals surface area contributed by atoms with Crippen LogP contribution in [0.15, 0.2) is 6.07 Å². The number of unbranched alkanes of at least 4 members (excludes halogenated alkanes) is 2. The van der Waals surface area contributed by atoms with Crippen LogP contribution in [0.4, 0.5) is 0 Å². The molecule has 1 rings (SSSR count). The molecule has 4 nitrogen and oxygen atoms in total. The third kappa shape index (κ3) is 3.79. The summed E-state index contributed by atoms with van der Waals surface area (Å²) in [7, 11) is 1.47. The van der Waals surface area contributed by atoms with E-state index in [4.69, 9.17) is 21.1 Å². The van der Waals surface area contributed by atoms with Crippen LogP contribution < -0.4 is 4.74 Å². The Morgan fingerprint density at radius 3 is 2.60 bits per heavy atom. The quantitative estimate of drug-likeness (QED) is 0.611. The molecule has 0 aliphatic heterocycles. The predicted octanol–water partition coefficient (Wildman–Crippen LogP) is 3.96. The molecule has 20 heavy (non-hydrogen) atoms. The monoisotopic (exact) mass is 300 g/mol. The first kappa shape index (κ1) is 16.6. The van der Waals surface area contributed by atoms with Crippen LogP contribution in [-0.4, -0.2) is 24.8 Å². The highest BCUT2D eigenvalue weighted by molar-refractivity contribution is 6.34. The zero-order valence-corrected chi connectivity index (χ0v) is 12.9. The van der Waals surface area contributed by atoms with Gasteiger partial charge in [-0.3, -0.25) is 0 Å². The summed E-state index contributed by atoms with van der Waals surface area (Å²) < 4.78 is 10.1. The SMILES string of the molecule is CCCCCc1cc(OC)c(Cl)c(O)c1C(=O)OCC. The van der Waals surface area contributed by atoms with E-state index in [2.05, 4.69) is 6.92 Å². The van der Waals surface area contributed by atoms with Gasteiger partial charge in [-0.05, 0) is 31.4 Å². The van der Waals surface area contributed by atoms with Crippen molar-refractivity contribution in [2.75, 3.05) is 13.7 Å². The minimum absolute atomic E-state index is 0.0368. The van der Waals surface area contributed by atoms with E-state index >= 15 is 0 Å². The molecule has 0 aliphatic carbocycles. The van der Waals surface area contributed by atoms with Crippen LogP contribution in [0.25, 0.3) is 0 Å². The Kier molecular flexibility index (Phi) is 6.65. The molecular formula is C15H21ClO4. The van der Waals surface area contributed by atoms with Crippen LogP contribution in [0.2, 0.25) is 5.02 Å². The van der Waals surface area contributed by atoms with Crippen molar-refractivity contribution >= 4 is 17.6 Å². The van der Waals surface area contributed by atoms with E-state index < -0.39 is 5.97 Å². The van der Waals surface area contributed by atoms with Gasteiger partial charge in [0.25, 0.3) is 0 Å². The molecule has 112 valence electrons. The van der Waals surface area contributed by atoms with Gasteiger partial charge >= 0.3 is 5.97 Å². The molecule has 1 aromatic carbocycles. The molecule has 0 saturated carbocycles. The van der Waals surface area contributed by atoms with Crippen molar-refractivity contribution < 1.29 is 19.4 Å². The van der Waals surface area contributed by atoms with E-state index in [-0.39, 0.29) is 22.9 Å². The summed E-state index contributed by atoms with van der Waals surface area (Å²) in [5.41, 5.74) is 0.851. The van der Waals surface area contributed by atoms with Crippen LogP contribution in [-0.2, 0) is 11.2 Å². The number of ether oxygens (including phenoxy) is 2. The Morgan fingerprint density at radius 2 is 2.05 bits per heavy atom. The van der Waals surface area contributed by atoms with Crippen LogP contribution in [0.1, 0.15) is 49.0 Å². The Bertz CT molecular complexity index is 471. The second-order valence-electron chi connectivity index (χ2n) is 4.45. The average Bonchev–Trinajstić information content (AvgIpc) is 2.43. The van der Waals surface area contributed by atoms with E-state index in [0.29, 0.717) is 17.7 Å². The predicted molar refractivity (Wildman–Crippen MR) is 78.9 cm³/mol. The summed E-state index contributed by atoms with van der Waals surface area (Å²) in [5, 5.41) is 10.2.